The topological polar surface area (TPSA) is 142 Å². The molecule has 2 aromatic heterocycles. The molecular weight excluding hydrogens is 410 g/mol. The summed E-state index contributed by atoms with van der Waals surface area (Å²) in [6.45, 7) is 2.78. The Morgan fingerprint density at radius 1 is 1.30 bits per heavy atom. The van der Waals surface area contributed by atoms with Crippen LogP contribution in [0.25, 0.3) is 10.6 Å². The van der Waals surface area contributed by atoms with Crippen LogP contribution >= 0.6 is 11.3 Å². The molecule has 0 bridgehead atoms. The number of aromatic nitrogens is 2. The Labute approximate surface area is 175 Å². The third kappa shape index (κ3) is 4.58. The lowest BCUT2D eigenvalue weighted by molar-refractivity contribution is -0.383. The van der Waals surface area contributed by atoms with Crippen molar-refractivity contribution in [2.75, 3.05) is 5.73 Å². The number of hydroxylamine groups is 2. The zero-order valence-electron chi connectivity index (χ0n) is 16.1. The van der Waals surface area contributed by atoms with E-state index in [0.717, 1.165) is 16.4 Å². The van der Waals surface area contributed by atoms with Gasteiger partial charge in [-0.15, -0.1) is 11.3 Å². The van der Waals surface area contributed by atoms with Crippen LogP contribution in [-0.4, -0.2) is 31.8 Å². The average Bonchev–Trinajstić information content (AvgIpc) is 3.09. The number of carbonyl (C=O) groups is 2. The summed E-state index contributed by atoms with van der Waals surface area (Å²) in [5.41, 5.74) is 6.81. The van der Waals surface area contributed by atoms with Crippen molar-refractivity contribution in [2.24, 2.45) is 0 Å². The van der Waals surface area contributed by atoms with E-state index in [1.807, 2.05) is 0 Å². The first-order valence-corrected chi connectivity index (χ1v) is 9.50. The minimum absolute atomic E-state index is 0.0322. The minimum atomic E-state index is -0.657. The first kappa shape index (κ1) is 20.9. The van der Waals surface area contributed by atoms with Crippen LogP contribution in [0.15, 0.2) is 42.6 Å². The van der Waals surface area contributed by atoms with Crippen LogP contribution in [0.2, 0.25) is 0 Å². The summed E-state index contributed by atoms with van der Waals surface area (Å²) in [7, 11) is 0. The van der Waals surface area contributed by atoms with Crippen LogP contribution in [0.5, 0.6) is 0 Å². The van der Waals surface area contributed by atoms with Crippen LogP contribution in [0.3, 0.4) is 0 Å². The fraction of sp³-hybridized carbons (Fsp3) is 0.158. The maximum absolute atomic E-state index is 13.0. The summed E-state index contributed by atoms with van der Waals surface area (Å²) in [5.74, 6) is -1.22. The van der Waals surface area contributed by atoms with Gasteiger partial charge >= 0.3 is 5.97 Å². The largest absolute Gasteiger partial charge is 0.393 e. The third-order valence-electron chi connectivity index (χ3n) is 3.96. The van der Waals surface area contributed by atoms with Crippen molar-refractivity contribution in [3.63, 3.8) is 0 Å². The molecule has 1 amide bonds. The van der Waals surface area contributed by atoms with Crippen LogP contribution in [0, 0.1) is 17.0 Å². The van der Waals surface area contributed by atoms with E-state index >= 15 is 0 Å². The summed E-state index contributed by atoms with van der Waals surface area (Å²) < 4.78 is 0. The second-order valence-electron chi connectivity index (χ2n) is 6.21. The number of nitrogens with two attached hydrogens (primary N) is 1. The summed E-state index contributed by atoms with van der Waals surface area (Å²) in [6, 6.07) is 9.49. The van der Waals surface area contributed by atoms with Crippen molar-refractivity contribution in [2.45, 2.75) is 20.4 Å². The highest BCUT2D eigenvalue weighted by atomic mass is 32.1. The Hall–Kier alpha value is -3.86. The number of thiazole rings is 1. The molecule has 0 aliphatic carbocycles. The molecule has 3 aromatic rings. The molecule has 2 heterocycles. The first-order valence-electron chi connectivity index (χ1n) is 8.68. The predicted molar refractivity (Wildman–Crippen MR) is 109 cm³/mol. The predicted octanol–water partition coefficient (Wildman–Crippen LogP) is 3.12. The lowest BCUT2D eigenvalue weighted by atomic mass is 10.2. The van der Waals surface area contributed by atoms with Crippen LogP contribution in [0.1, 0.15) is 28.0 Å². The van der Waals surface area contributed by atoms with E-state index in [9.17, 15) is 19.7 Å². The zero-order chi connectivity index (χ0) is 21.8. The van der Waals surface area contributed by atoms with Crippen molar-refractivity contribution in [1.29, 1.82) is 0 Å². The highest BCUT2D eigenvalue weighted by molar-refractivity contribution is 7.17. The molecule has 1 aromatic carbocycles. The van der Waals surface area contributed by atoms with Gasteiger partial charge in [0.25, 0.3) is 11.6 Å². The van der Waals surface area contributed by atoms with Gasteiger partial charge in [0.15, 0.2) is 0 Å². The first-order chi connectivity index (χ1) is 14.3. The Kier molecular flexibility index (Phi) is 6.02. The second-order valence-corrected chi connectivity index (χ2v) is 7.21. The molecule has 0 radical (unpaired) electrons. The Morgan fingerprint density at radius 2 is 2.07 bits per heavy atom. The summed E-state index contributed by atoms with van der Waals surface area (Å²) in [5, 5.41) is 12.5. The molecule has 0 saturated heterocycles. The van der Waals surface area contributed by atoms with Crippen molar-refractivity contribution in [3.05, 3.63) is 69.0 Å². The zero-order valence-corrected chi connectivity index (χ0v) is 16.9. The van der Waals surface area contributed by atoms with E-state index in [-0.39, 0.29) is 22.8 Å². The number of aryl methyl sites for hydroxylation is 1. The molecule has 0 aliphatic rings. The van der Waals surface area contributed by atoms with Crippen molar-refractivity contribution < 1.29 is 19.3 Å². The number of carbonyl (C=O) groups excluding carboxylic acids is 2. The van der Waals surface area contributed by atoms with Gasteiger partial charge in [0, 0.05) is 24.8 Å². The van der Waals surface area contributed by atoms with Crippen LogP contribution in [-0.2, 0) is 16.2 Å². The van der Waals surface area contributed by atoms with Gasteiger partial charge in [-0.05, 0) is 31.2 Å². The van der Waals surface area contributed by atoms with Crippen LogP contribution in [0.4, 0.5) is 11.4 Å². The van der Waals surface area contributed by atoms with Crippen LogP contribution < -0.4 is 5.73 Å². The van der Waals surface area contributed by atoms with E-state index in [4.69, 9.17) is 10.6 Å². The molecule has 0 unspecified atom stereocenters. The van der Waals surface area contributed by atoms with Gasteiger partial charge in [0.05, 0.1) is 16.3 Å². The normalized spacial score (nSPS) is 10.5. The average molecular weight is 427 g/mol. The number of pyridine rings is 1. The van der Waals surface area contributed by atoms with E-state index in [1.165, 1.54) is 19.1 Å². The Morgan fingerprint density at radius 3 is 2.70 bits per heavy atom. The van der Waals surface area contributed by atoms with Crippen molar-refractivity contribution in [1.82, 2.24) is 15.0 Å². The van der Waals surface area contributed by atoms with Gasteiger partial charge in [-0.3, -0.25) is 24.7 Å². The number of nitrogens with zero attached hydrogens (tertiary/aromatic N) is 4. The number of nitro groups is 1. The number of rotatable bonds is 5. The van der Waals surface area contributed by atoms with E-state index in [2.05, 4.69) is 9.97 Å². The highest BCUT2D eigenvalue weighted by Gasteiger charge is 2.26. The molecule has 10 nitrogen and oxygen atoms in total. The van der Waals surface area contributed by atoms with Gasteiger partial charge in [0.2, 0.25) is 0 Å². The van der Waals surface area contributed by atoms with E-state index in [1.54, 1.807) is 37.4 Å². The van der Waals surface area contributed by atoms with Gasteiger partial charge < -0.3 is 10.6 Å². The summed E-state index contributed by atoms with van der Waals surface area (Å²) >= 11 is 1.04. The number of hydrogen-bond acceptors (Lipinski definition) is 9. The SMILES string of the molecule is CC(=O)ON(Cc1ccccn1)C(=O)c1sc(-c2ccc(N)c([N+](=O)[O-])c2)nc1C. The van der Waals surface area contributed by atoms with Gasteiger partial charge in [-0.25, -0.2) is 4.98 Å². The lowest BCUT2D eigenvalue weighted by Crippen LogP contribution is -2.32. The fourth-order valence-corrected chi connectivity index (χ4v) is 3.61. The minimum Gasteiger partial charge on any atom is -0.393 e. The Balaban J connectivity index is 1.94. The monoisotopic (exact) mass is 427 g/mol. The Bertz CT molecular complexity index is 1120. The van der Waals surface area contributed by atoms with Gasteiger partial charge in [-0.1, -0.05) is 6.07 Å². The molecule has 3 rings (SSSR count). The standard InChI is InChI=1S/C19H17N5O5S/c1-11-17(19(26)23(29-12(2)25)10-14-5-3-4-8-21-14)30-18(22-11)13-6-7-15(20)16(9-13)24(27)28/h3-9H,10,20H2,1-2H3. The highest BCUT2D eigenvalue weighted by Crippen LogP contribution is 2.33. The van der Waals surface area contributed by atoms with Gasteiger partial charge in [-0.2, -0.15) is 5.06 Å². The second kappa shape index (κ2) is 8.66. The molecule has 0 aliphatic heterocycles. The smallest absolute Gasteiger partial charge is 0.329 e. The molecular formula is C19H17N5O5S. The van der Waals surface area contributed by atoms with E-state index in [0.29, 0.717) is 22.0 Å². The number of benzene rings is 1. The summed E-state index contributed by atoms with van der Waals surface area (Å²) in [6.07, 6.45) is 1.57. The molecule has 0 atom stereocenters. The number of hydrogen-bond donors (Lipinski definition) is 1. The lowest BCUT2D eigenvalue weighted by Gasteiger charge is -2.19. The maximum Gasteiger partial charge on any atom is 0.329 e. The molecule has 30 heavy (non-hydrogen) atoms. The van der Waals surface area contributed by atoms with Crippen molar-refractivity contribution >= 4 is 34.6 Å². The van der Waals surface area contributed by atoms with E-state index < -0.39 is 16.8 Å². The molecule has 0 spiro atoms. The molecule has 2 N–H and O–H groups in total. The third-order valence-corrected chi connectivity index (χ3v) is 5.16. The number of anilines is 1. The van der Waals surface area contributed by atoms with Crippen molar-refractivity contribution in [3.8, 4) is 10.6 Å². The summed E-state index contributed by atoms with van der Waals surface area (Å²) in [4.78, 5) is 48.9. The quantitative estimate of drug-likeness (QED) is 0.372. The van der Waals surface area contributed by atoms with Gasteiger partial charge in [0.1, 0.15) is 22.1 Å². The fourth-order valence-electron chi connectivity index (χ4n) is 2.61. The molecule has 0 fully saturated rings. The molecule has 0 saturated carbocycles. The molecule has 154 valence electrons. The number of nitro benzene ring substituents is 1. The molecule has 11 heteroatoms. The number of amides is 1. The maximum atomic E-state index is 13.0. The number of nitrogen functional groups attached to an aromatic ring is 1.